The fourth-order valence-corrected chi connectivity index (χ4v) is 5.14. The van der Waals surface area contributed by atoms with Gasteiger partial charge in [0.15, 0.2) is 5.16 Å². The molecule has 0 unspecified atom stereocenters. The van der Waals surface area contributed by atoms with Crippen molar-refractivity contribution in [1.29, 1.82) is 0 Å². The van der Waals surface area contributed by atoms with Crippen LogP contribution >= 0.6 is 11.8 Å². The number of anilines is 2. The zero-order valence-corrected chi connectivity index (χ0v) is 19.8. The van der Waals surface area contributed by atoms with E-state index in [1.165, 1.54) is 34.9 Å². The van der Waals surface area contributed by atoms with E-state index in [9.17, 15) is 9.59 Å². The molecular weight excluding hydrogens is 448 g/mol. The van der Waals surface area contributed by atoms with Gasteiger partial charge in [0.25, 0.3) is 5.56 Å². The molecule has 9 heteroatoms. The summed E-state index contributed by atoms with van der Waals surface area (Å²) >= 11 is 1.29. The van der Waals surface area contributed by atoms with Gasteiger partial charge >= 0.3 is 0 Å². The van der Waals surface area contributed by atoms with Gasteiger partial charge in [0, 0.05) is 31.0 Å². The Bertz CT molecular complexity index is 1450. The first kappa shape index (κ1) is 22.2. The number of carbonyl (C=O) groups excluding carboxylic acids is 1. The van der Waals surface area contributed by atoms with E-state index in [1.807, 2.05) is 35.6 Å². The largest absolute Gasteiger partial charge is 0.372 e. The first-order chi connectivity index (χ1) is 16.6. The summed E-state index contributed by atoms with van der Waals surface area (Å²) < 4.78 is 3.37. The Morgan fingerprint density at radius 1 is 1.18 bits per heavy atom. The van der Waals surface area contributed by atoms with Crippen LogP contribution in [0.3, 0.4) is 0 Å². The SMILES string of the molecule is C=CCn1c(=O)c2ccccc2n2c(SCC(=O)Nc3ccc(N4CCCC4)cc3C)nnc12. The standard InChI is InChI=1S/C25H26N6O2S/c1-3-12-30-23(33)19-8-4-5-9-21(19)31-24(30)27-28-25(31)34-16-22(32)26-20-11-10-18(15-17(20)2)29-13-6-7-14-29/h3-5,8-11,15H,1,6-7,12-14,16H2,2H3,(H,26,32). The van der Waals surface area contributed by atoms with Gasteiger partial charge in [-0.2, -0.15) is 0 Å². The Morgan fingerprint density at radius 2 is 1.97 bits per heavy atom. The molecule has 2 aromatic heterocycles. The molecule has 1 aliphatic heterocycles. The topological polar surface area (TPSA) is 84.5 Å². The first-order valence-electron chi connectivity index (χ1n) is 11.3. The summed E-state index contributed by atoms with van der Waals surface area (Å²) in [7, 11) is 0. The molecule has 0 saturated carbocycles. The predicted octanol–water partition coefficient (Wildman–Crippen LogP) is 3.87. The highest BCUT2D eigenvalue weighted by molar-refractivity contribution is 7.99. The van der Waals surface area contributed by atoms with Gasteiger partial charge in [-0.15, -0.1) is 16.8 Å². The van der Waals surface area contributed by atoms with Crippen molar-refractivity contribution in [3.63, 3.8) is 0 Å². The lowest BCUT2D eigenvalue weighted by Gasteiger charge is -2.19. The number of amides is 1. The predicted molar refractivity (Wildman–Crippen MR) is 137 cm³/mol. The number of rotatable bonds is 7. The minimum absolute atomic E-state index is 0.123. The van der Waals surface area contributed by atoms with Gasteiger partial charge in [-0.3, -0.25) is 18.6 Å². The minimum atomic E-state index is -0.141. The Kier molecular flexibility index (Phi) is 6.10. The summed E-state index contributed by atoms with van der Waals surface area (Å²) in [5.41, 5.74) is 3.62. The summed E-state index contributed by atoms with van der Waals surface area (Å²) in [6.45, 7) is 8.26. The third kappa shape index (κ3) is 4.07. The number of nitrogens with zero attached hydrogens (tertiary/aromatic N) is 5. The molecule has 8 nitrogen and oxygen atoms in total. The molecule has 1 aliphatic rings. The molecule has 4 aromatic rings. The van der Waals surface area contributed by atoms with Crippen molar-refractivity contribution >= 4 is 45.7 Å². The number of para-hydroxylation sites is 1. The van der Waals surface area contributed by atoms with E-state index in [-0.39, 0.29) is 17.2 Å². The third-order valence-corrected chi connectivity index (χ3v) is 7.01. The Hall–Kier alpha value is -3.59. The molecule has 1 fully saturated rings. The molecule has 5 rings (SSSR count). The maximum Gasteiger partial charge on any atom is 0.263 e. The molecule has 3 heterocycles. The minimum Gasteiger partial charge on any atom is -0.372 e. The maximum atomic E-state index is 12.9. The number of allylic oxidation sites excluding steroid dienone is 1. The maximum absolute atomic E-state index is 12.9. The number of benzene rings is 2. The number of hydrogen-bond donors (Lipinski definition) is 1. The van der Waals surface area contributed by atoms with Gasteiger partial charge in [0.05, 0.1) is 16.7 Å². The molecule has 174 valence electrons. The van der Waals surface area contributed by atoms with Crippen molar-refractivity contribution in [2.24, 2.45) is 0 Å². The summed E-state index contributed by atoms with van der Waals surface area (Å²) in [4.78, 5) is 28.0. The van der Waals surface area contributed by atoms with Crippen LogP contribution in [0.15, 0.2) is 65.1 Å². The number of carbonyl (C=O) groups is 1. The van der Waals surface area contributed by atoms with Gasteiger partial charge in [-0.05, 0) is 55.7 Å². The molecule has 0 atom stereocenters. The van der Waals surface area contributed by atoms with Crippen LogP contribution in [0.5, 0.6) is 0 Å². The van der Waals surface area contributed by atoms with E-state index in [4.69, 9.17) is 0 Å². The van der Waals surface area contributed by atoms with Crippen molar-refractivity contribution in [2.75, 3.05) is 29.1 Å². The molecule has 0 aliphatic carbocycles. The highest BCUT2D eigenvalue weighted by atomic mass is 32.2. The third-order valence-electron chi connectivity index (χ3n) is 6.08. The zero-order chi connectivity index (χ0) is 23.7. The van der Waals surface area contributed by atoms with Crippen molar-refractivity contribution in [1.82, 2.24) is 19.2 Å². The lowest BCUT2D eigenvalue weighted by molar-refractivity contribution is -0.113. The molecule has 1 saturated heterocycles. The number of aryl methyl sites for hydroxylation is 1. The second kappa shape index (κ2) is 9.34. The molecule has 1 amide bonds. The quantitative estimate of drug-likeness (QED) is 0.323. The van der Waals surface area contributed by atoms with Gasteiger partial charge < -0.3 is 10.2 Å². The zero-order valence-electron chi connectivity index (χ0n) is 19.0. The molecule has 0 bridgehead atoms. The number of aromatic nitrogens is 4. The molecule has 1 N–H and O–H groups in total. The normalized spacial score (nSPS) is 13.6. The Labute approximate surface area is 201 Å². The van der Waals surface area contributed by atoms with Crippen molar-refractivity contribution in [3.05, 3.63) is 71.0 Å². The van der Waals surface area contributed by atoms with E-state index in [0.29, 0.717) is 28.4 Å². The van der Waals surface area contributed by atoms with Crippen LogP contribution in [0.1, 0.15) is 18.4 Å². The van der Waals surface area contributed by atoms with Crippen molar-refractivity contribution in [2.45, 2.75) is 31.5 Å². The van der Waals surface area contributed by atoms with E-state index < -0.39 is 0 Å². The summed E-state index contributed by atoms with van der Waals surface area (Å²) in [5.74, 6) is 0.477. The number of fused-ring (bicyclic) bond motifs is 3. The van der Waals surface area contributed by atoms with Gasteiger partial charge in [-0.25, -0.2) is 0 Å². The number of nitrogens with one attached hydrogen (secondary N) is 1. The first-order valence-corrected chi connectivity index (χ1v) is 12.3. The number of hydrogen-bond acceptors (Lipinski definition) is 6. The van der Waals surface area contributed by atoms with Crippen LogP contribution < -0.4 is 15.8 Å². The van der Waals surface area contributed by atoms with Crippen LogP contribution in [0.25, 0.3) is 16.7 Å². The van der Waals surface area contributed by atoms with E-state index >= 15 is 0 Å². The van der Waals surface area contributed by atoms with Crippen molar-refractivity contribution in [3.8, 4) is 0 Å². The molecular formula is C25H26N6O2S. The number of thioether (sulfide) groups is 1. The summed E-state index contributed by atoms with van der Waals surface area (Å²) in [6, 6.07) is 13.5. The Balaban J connectivity index is 1.37. The second-order valence-electron chi connectivity index (χ2n) is 8.37. The molecule has 2 aromatic carbocycles. The average molecular weight is 475 g/mol. The van der Waals surface area contributed by atoms with Crippen LogP contribution in [-0.4, -0.2) is 43.9 Å². The highest BCUT2D eigenvalue weighted by Gasteiger charge is 2.18. The fourth-order valence-electron chi connectivity index (χ4n) is 4.40. The lowest BCUT2D eigenvalue weighted by atomic mass is 10.1. The van der Waals surface area contributed by atoms with Gasteiger partial charge in [0.2, 0.25) is 11.7 Å². The lowest BCUT2D eigenvalue weighted by Crippen LogP contribution is -2.22. The van der Waals surface area contributed by atoms with Crippen LogP contribution in [-0.2, 0) is 11.3 Å². The monoisotopic (exact) mass is 474 g/mol. The average Bonchev–Trinajstić information content (AvgIpc) is 3.52. The fraction of sp³-hybridized carbons (Fsp3) is 0.280. The molecule has 34 heavy (non-hydrogen) atoms. The smallest absolute Gasteiger partial charge is 0.263 e. The summed E-state index contributed by atoms with van der Waals surface area (Å²) in [5, 5.41) is 12.7. The van der Waals surface area contributed by atoms with E-state index in [2.05, 4.69) is 39.1 Å². The second-order valence-corrected chi connectivity index (χ2v) is 9.31. The van der Waals surface area contributed by atoms with Crippen LogP contribution in [0.2, 0.25) is 0 Å². The van der Waals surface area contributed by atoms with Crippen LogP contribution in [0.4, 0.5) is 11.4 Å². The van der Waals surface area contributed by atoms with Gasteiger partial charge in [0.1, 0.15) is 0 Å². The van der Waals surface area contributed by atoms with Crippen LogP contribution in [0, 0.1) is 6.92 Å². The van der Waals surface area contributed by atoms with Crippen molar-refractivity contribution < 1.29 is 4.79 Å². The van der Waals surface area contributed by atoms with E-state index in [1.54, 1.807) is 12.1 Å². The van der Waals surface area contributed by atoms with Gasteiger partial charge in [-0.1, -0.05) is 30.0 Å². The molecule has 0 radical (unpaired) electrons. The highest BCUT2D eigenvalue weighted by Crippen LogP contribution is 2.26. The molecule has 0 spiro atoms. The summed E-state index contributed by atoms with van der Waals surface area (Å²) in [6.07, 6.45) is 4.11. The van der Waals surface area contributed by atoms with E-state index in [0.717, 1.165) is 24.3 Å². The Morgan fingerprint density at radius 3 is 2.74 bits per heavy atom.